The van der Waals surface area contributed by atoms with Gasteiger partial charge < -0.3 is 5.11 Å². The molecular weight excluding hydrogens is 221 g/mol. The molecule has 0 bridgehead atoms. The molecular formula is C11H15F3O2. The van der Waals surface area contributed by atoms with Crippen molar-refractivity contribution in [1.82, 2.24) is 0 Å². The second-order valence-electron chi connectivity index (χ2n) is 5.14. The van der Waals surface area contributed by atoms with Gasteiger partial charge in [-0.25, -0.2) is 0 Å². The van der Waals surface area contributed by atoms with E-state index in [1.54, 1.807) is 20.8 Å². The van der Waals surface area contributed by atoms with Crippen LogP contribution in [0.4, 0.5) is 13.2 Å². The molecule has 0 spiro atoms. The fraction of sp³-hybridized carbons (Fsp3) is 0.727. The van der Waals surface area contributed by atoms with Crippen molar-refractivity contribution in [2.75, 3.05) is 0 Å². The topological polar surface area (TPSA) is 37.3 Å². The van der Waals surface area contributed by atoms with Gasteiger partial charge in [-0.2, -0.15) is 13.2 Å². The fourth-order valence-corrected chi connectivity index (χ4v) is 1.98. The predicted octanol–water partition coefficient (Wildman–Crippen LogP) is 3.39. The van der Waals surface area contributed by atoms with Gasteiger partial charge in [-0.15, -0.1) is 0 Å². The number of Topliss-reactive ketones (excluding diaryl/α,β-unsaturated/α-hetero) is 1. The average Bonchev–Trinajstić information content (AvgIpc) is 1.97. The van der Waals surface area contributed by atoms with Crippen molar-refractivity contribution < 1.29 is 23.1 Å². The highest BCUT2D eigenvalue weighted by Crippen LogP contribution is 2.42. The lowest BCUT2D eigenvalue weighted by Crippen LogP contribution is -2.34. The molecule has 0 radical (unpaired) electrons. The summed E-state index contributed by atoms with van der Waals surface area (Å²) in [5, 5.41) is 9.57. The van der Waals surface area contributed by atoms with Gasteiger partial charge in [0.25, 0.3) is 0 Å². The molecule has 5 heteroatoms. The molecule has 0 heterocycles. The highest BCUT2D eigenvalue weighted by Gasteiger charge is 2.46. The summed E-state index contributed by atoms with van der Waals surface area (Å²) in [7, 11) is 0. The van der Waals surface area contributed by atoms with Gasteiger partial charge in [0.1, 0.15) is 5.76 Å². The zero-order valence-electron chi connectivity index (χ0n) is 9.48. The molecule has 2 nitrogen and oxygen atoms in total. The van der Waals surface area contributed by atoms with Gasteiger partial charge in [-0.05, 0) is 5.41 Å². The number of aliphatic hydroxyl groups excluding tert-OH is 1. The van der Waals surface area contributed by atoms with Crippen LogP contribution in [-0.4, -0.2) is 17.1 Å². The number of alkyl halides is 3. The van der Waals surface area contributed by atoms with E-state index in [0.717, 1.165) is 0 Å². The predicted molar refractivity (Wildman–Crippen MR) is 52.9 cm³/mol. The van der Waals surface area contributed by atoms with E-state index in [1.807, 2.05) is 0 Å². The van der Waals surface area contributed by atoms with E-state index in [4.69, 9.17) is 0 Å². The molecule has 0 aromatic rings. The van der Waals surface area contributed by atoms with Gasteiger partial charge in [0, 0.05) is 18.4 Å². The van der Waals surface area contributed by atoms with Gasteiger partial charge in [0.15, 0.2) is 5.78 Å². The molecule has 0 saturated heterocycles. The first kappa shape index (κ1) is 13.1. The molecule has 1 rings (SSSR count). The fourth-order valence-electron chi connectivity index (χ4n) is 1.98. The van der Waals surface area contributed by atoms with Gasteiger partial charge in [0.05, 0.1) is 5.92 Å². The Morgan fingerprint density at radius 2 is 1.69 bits per heavy atom. The quantitative estimate of drug-likeness (QED) is 0.700. The molecule has 0 aromatic heterocycles. The molecule has 1 aliphatic rings. The molecule has 16 heavy (non-hydrogen) atoms. The number of carbonyl (C=O) groups is 1. The SMILES string of the molecule is CC(C)(C)C1=C(O)CC(C(F)(F)F)CC1=O. The first-order valence-corrected chi connectivity index (χ1v) is 5.06. The molecule has 0 saturated carbocycles. The number of allylic oxidation sites excluding steroid dienone is 2. The van der Waals surface area contributed by atoms with Crippen LogP contribution in [0.1, 0.15) is 33.6 Å². The standard InChI is InChI=1S/C11H15F3O2/c1-10(2,3)9-7(15)4-6(5-8(9)16)11(12,13)14/h6,15H,4-5H2,1-3H3. The molecule has 1 atom stereocenters. The van der Waals surface area contributed by atoms with Gasteiger partial charge in [-0.1, -0.05) is 20.8 Å². The van der Waals surface area contributed by atoms with Crippen molar-refractivity contribution in [3.63, 3.8) is 0 Å². The Bertz CT molecular complexity index is 334. The van der Waals surface area contributed by atoms with E-state index < -0.39 is 41.9 Å². The third kappa shape index (κ3) is 2.57. The number of carbonyl (C=O) groups excluding carboxylic acids is 1. The molecule has 0 amide bonds. The summed E-state index contributed by atoms with van der Waals surface area (Å²) in [6, 6.07) is 0. The molecule has 1 N–H and O–H groups in total. The van der Waals surface area contributed by atoms with Crippen LogP contribution in [0.5, 0.6) is 0 Å². The van der Waals surface area contributed by atoms with Crippen molar-refractivity contribution >= 4 is 5.78 Å². The summed E-state index contributed by atoms with van der Waals surface area (Å²) in [4.78, 5) is 11.6. The number of aliphatic hydroxyl groups is 1. The van der Waals surface area contributed by atoms with E-state index in [-0.39, 0.29) is 5.57 Å². The van der Waals surface area contributed by atoms with E-state index in [2.05, 4.69) is 0 Å². The van der Waals surface area contributed by atoms with Gasteiger partial charge in [-0.3, -0.25) is 4.79 Å². The highest BCUT2D eigenvalue weighted by atomic mass is 19.4. The average molecular weight is 236 g/mol. The summed E-state index contributed by atoms with van der Waals surface area (Å²) in [6.07, 6.45) is -5.46. The van der Waals surface area contributed by atoms with Gasteiger partial charge in [0.2, 0.25) is 0 Å². The van der Waals surface area contributed by atoms with Crippen molar-refractivity contribution in [2.45, 2.75) is 39.8 Å². The maximum absolute atomic E-state index is 12.4. The summed E-state index contributed by atoms with van der Waals surface area (Å²) in [5.41, 5.74) is -0.481. The van der Waals surface area contributed by atoms with E-state index in [1.165, 1.54) is 0 Å². The van der Waals surface area contributed by atoms with Crippen LogP contribution < -0.4 is 0 Å². The van der Waals surface area contributed by atoms with Crippen LogP contribution in [-0.2, 0) is 4.79 Å². The zero-order valence-corrected chi connectivity index (χ0v) is 9.48. The third-order valence-corrected chi connectivity index (χ3v) is 2.65. The molecule has 1 aliphatic carbocycles. The molecule has 0 aromatic carbocycles. The Balaban J connectivity index is 3.05. The first-order valence-electron chi connectivity index (χ1n) is 5.06. The number of halogens is 3. The Hall–Kier alpha value is -1.00. The third-order valence-electron chi connectivity index (χ3n) is 2.65. The van der Waals surface area contributed by atoms with Crippen LogP contribution in [0.3, 0.4) is 0 Å². The first-order chi connectivity index (χ1) is 7.03. The Morgan fingerprint density at radius 3 is 2.00 bits per heavy atom. The Morgan fingerprint density at radius 1 is 1.19 bits per heavy atom. The van der Waals surface area contributed by atoms with Crippen molar-refractivity contribution in [3.05, 3.63) is 11.3 Å². The van der Waals surface area contributed by atoms with Crippen molar-refractivity contribution in [3.8, 4) is 0 Å². The van der Waals surface area contributed by atoms with Crippen LogP contribution in [0, 0.1) is 11.3 Å². The van der Waals surface area contributed by atoms with Crippen LogP contribution >= 0.6 is 0 Å². The monoisotopic (exact) mass is 236 g/mol. The zero-order chi connectivity index (χ0) is 12.7. The smallest absolute Gasteiger partial charge is 0.392 e. The normalized spacial score (nSPS) is 23.9. The minimum absolute atomic E-state index is 0.132. The summed E-state index contributed by atoms with van der Waals surface area (Å²) >= 11 is 0. The number of ketones is 1. The van der Waals surface area contributed by atoms with Crippen LogP contribution in [0.15, 0.2) is 11.3 Å². The largest absolute Gasteiger partial charge is 0.512 e. The van der Waals surface area contributed by atoms with Crippen LogP contribution in [0.25, 0.3) is 0 Å². The van der Waals surface area contributed by atoms with Crippen molar-refractivity contribution in [2.24, 2.45) is 11.3 Å². The Kier molecular flexibility index (Phi) is 3.09. The lowest BCUT2D eigenvalue weighted by atomic mass is 9.75. The number of hydrogen-bond acceptors (Lipinski definition) is 2. The summed E-state index contributed by atoms with van der Waals surface area (Å²) in [6.45, 7) is 5.10. The minimum atomic E-state index is -4.42. The van der Waals surface area contributed by atoms with Crippen LogP contribution in [0.2, 0.25) is 0 Å². The van der Waals surface area contributed by atoms with Crippen molar-refractivity contribution in [1.29, 1.82) is 0 Å². The maximum Gasteiger partial charge on any atom is 0.392 e. The lowest BCUT2D eigenvalue weighted by molar-refractivity contribution is -0.181. The van der Waals surface area contributed by atoms with E-state index in [9.17, 15) is 23.1 Å². The molecule has 1 unspecified atom stereocenters. The second kappa shape index (κ2) is 3.79. The molecule has 0 fully saturated rings. The van der Waals surface area contributed by atoms with Gasteiger partial charge >= 0.3 is 6.18 Å². The number of hydrogen-bond donors (Lipinski definition) is 1. The van der Waals surface area contributed by atoms with E-state index in [0.29, 0.717) is 0 Å². The summed E-state index contributed by atoms with van der Waals surface area (Å²) in [5.74, 6) is -2.75. The highest BCUT2D eigenvalue weighted by molar-refractivity contribution is 5.97. The van der Waals surface area contributed by atoms with E-state index >= 15 is 0 Å². The Labute approximate surface area is 92.1 Å². The summed E-state index contributed by atoms with van der Waals surface area (Å²) < 4.78 is 37.3. The minimum Gasteiger partial charge on any atom is -0.512 e. The number of rotatable bonds is 0. The lowest BCUT2D eigenvalue weighted by Gasteiger charge is -2.31. The second-order valence-corrected chi connectivity index (χ2v) is 5.14. The maximum atomic E-state index is 12.4. The molecule has 0 aliphatic heterocycles. The molecule has 92 valence electrons.